The highest BCUT2D eigenvalue weighted by molar-refractivity contribution is 7.95. The van der Waals surface area contributed by atoms with Gasteiger partial charge in [-0.2, -0.15) is 18.3 Å². The van der Waals surface area contributed by atoms with Crippen molar-refractivity contribution < 1.29 is 17.4 Å². The molecule has 3 rings (SSSR count). The van der Waals surface area contributed by atoms with E-state index >= 15 is 0 Å². The second-order valence-corrected chi connectivity index (χ2v) is 6.47. The standard InChI is InChI=1S/C18H17F3N2OS/c1-23-17-8-3-7-15(16(17)12-22-23)13-5-2-6-14(11-13)24-25-10-4-9-18(19,20)21/h2-3,5-8,11-12H,4,9-10H2,1H3. The minimum Gasteiger partial charge on any atom is -0.426 e. The Morgan fingerprint density at radius 2 is 1.96 bits per heavy atom. The topological polar surface area (TPSA) is 27.1 Å². The van der Waals surface area contributed by atoms with Gasteiger partial charge in [-0.1, -0.05) is 24.3 Å². The fourth-order valence-corrected chi connectivity index (χ4v) is 3.17. The van der Waals surface area contributed by atoms with Gasteiger partial charge in [-0.3, -0.25) is 4.68 Å². The predicted octanol–water partition coefficient (Wildman–Crippen LogP) is 5.61. The lowest BCUT2D eigenvalue weighted by atomic mass is 10.0. The summed E-state index contributed by atoms with van der Waals surface area (Å²) in [7, 11) is 1.89. The van der Waals surface area contributed by atoms with Crippen molar-refractivity contribution in [3.63, 3.8) is 0 Å². The molecule has 0 saturated heterocycles. The largest absolute Gasteiger partial charge is 0.426 e. The Morgan fingerprint density at radius 1 is 1.16 bits per heavy atom. The third-order valence-electron chi connectivity index (χ3n) is 3.78. The van der Waals surface area contributed by atoms with Gasteiger partial charge in [0.15, 0.2) is 0 Å². The van der Waals surface area contributed by atoms with E-state index in [9.17, 15) is 13.2 Å². The molecule has 2 aromatic carbocycles. The average Bonchev–Trinajstić information content (AvgIpc) is 2.95. The number of rotatable bonds is 6. The molecule has 0 amide bonds. The molecule has 0 N–H and O–H groups in total. The molecule has 0 fully saturated rings. The molecule has 1 aromatic heterocycles. The van der Waals surface area contributed by atoms with Crippen molar-refractivity contribution in [3.8, 4) is 16.9 Å². The van der Waals surface area contributed by atoms with E-state index in [1.165, 1.54) is 0 Å². The van der Waals surface area contributed by atoms with Crippen LogP contribution in [0.1, 0.15) is 12.8 Å². The second kappa shape index (κ2) is 7.39. The normalized spacial score (nSPS) is 11.8. The molecule has 25 heavy (non-hydrogen) atoms. The van der Waals surface area contributed by atoms with Gasteiger partial charge in [0.2, 0.25) is 0 Å². The molecular formula is C18H17F3N2OS. The summed E-state index contributed by atoms with van der Waals surface area (Å²) in [5.41, 5.74) is 3.05. The Kier molecular flexibility index (Phi) is 5.22. The summed E-state index contributed by atoms with van der Waals surface area (Å²) in [5.74, 6) is 0.914. The minimum absolute atomic E-state index is 0.0445. The fraction of sp³-hybridized carbons (Fsp3) is 0.278. The number of nitrogens with zero attached hydrogens (tertiary/aromatic N) is 2. The first-order valence-electron chi connectivity index (χ1n) is 7.81. The van der Waals surface area contributed by atoms with Crippen LogP contribution in [0.4, 0.5) is 13.2 Å². The smallest absolute Gasteiger partial charge is 0.389 e. The number of hydrogen-bond acceptors (Lipinski definition) is 3. The van der Waals surface area contributed by atoms with Gasteiger partial charge in [-0.15, -0.1) is 0 Å². The van der Waals surface area contributed by atoms with Gasteiger partial charge in [0.05, 0.1) is 23.8 Å². The van der Waals surface area contributed by atoms with Gasteiger partial charge in [0.1, 0.15) is 5.75 Å². The number of alkyl halides is 3. The van der Waals surface area contributed by atoms with E-state index in [-0.39, 0.29) is 6.42 Å². The molecule has 3 aromatic rings. The van der Waals surface area contributed by atoms with E-state index in [2.05, 4.69) is 5.10 Å². The van der Waals surface area contributed by atoms with E-state index in [1.54, 1.807) is 6.07 Å². The summed E-state index contributed by atoms with van der Waals surface area (Å²) < 4.78 is 43.7. The van der Waals surface area contributed by atoms with E-state index in [0.29, 0.717) is 11.5 Å². The molecule has 132 valence electrons. The van der Waals surface area contributed by atoms with Crippen LogP contribution in [0.25, 0.3) is 22.0 Å². The number of hydrogen-bond donors (Lipinski definition) is 0. The predicted molar refractivity (Wildman–Crippen MR) is 94.5 cm³/mol. The zero-order valence-corrected chi connectivity index (χ0v) is 14.4. The van der Waals surface area contributed by atoms with Gasteiger partial charge in [-0.25, -0.2) is 0 Å². The summed E-state index contributed by atoms with van der Waals surface area (Å²) in [5, 5.41) is 5.33. The molecule has 3 nitrogen and oxygen atoms in total. The summed E-state index contributed by atoms with van der Waals surface area (Å²) in [4.78, 5) is 0. The SMILES string of the molecule is Cn1ncc2c(-c3cccc(OSCCCC(F)(F)F)c3)cccc21. The monoisotopic (exact) mass is 366 g/mol. The van der Waals surface area contributed by atoms with Crippen molar-refractivity contribution in [2.75, 3.05) is 5.75 Å². The summed E-state index contributed by atoms with van der Waals surface area (Å²) in [6.45, 7) is 0. The van der Waals surface area contributed by atoms with Crippen LogP contribution in [0.5, 0.6) is 5.75 Å². The van der Waals surface area contributed by atoms with Crippen LogP contribution in [0, 0.1) is 0 Å². The average molecular weight is 366 g/mol. The zero-order chi connectivity index (χ0) is 17.9. The van der Waals surface area contributed by atoms with Crippen LogP contribution in [-0.4, -0.2) is 21.7 Å². The first kappa shape index (κ1) is 17.7. The van der Waals surface area contributed by atoms with Gasteiger partial charge in [-0.05, 0) is 35.7 Å². The van der Waals surface area contributed by atoms with E-state index in [1.807, 2.05) is 54.3 Å². The first-order valence-corrected chi connectivity index (χ1v) is 8.72. The van der Waals surface area contributed by atoms with E-state index < -0.39 is 12.6 Å². The maximum atomic E-state index is 12.1. The highest BCUT2D eigenvalue weighted by Crippen LogP contribution is 2.31. The van der Waals surface area contributed by atoms with Crippen molar-refractivity contribution in [1.29, 1.82) is 0 Å². The number of benzene rings is 2. The highest BCUT2D eigenvalue weighted by Gasteiger charge is 2.25. The third-order valence-corrected chi connectivity index (χ3v) is 4.55. The number of fused-ring (bicyclic) bond motifs is 1. The Morgan fingerprint density at radius 3 is 2.76 bits per heavy atom. The number of aryl methyl sites for hydroxylation is 1. The molecule has 0 radical (unpaired) electrons. The molecule has 7 heteroatoms. The molecule has 0 spiro atoms. The Balaban J connectivity index is 1.69. The number of halogens is 3. The Hall–Kier alpha value is -2.15. The Bertz CT molecular complexity index is 861. The van der Waals surface area contributed by atoms with Gasteiger partial charge in [0, 0.05) is 24.6 Å². The van der Waals surface area contributed by atoms with Gasteiger partial charge < -0.3 is 4.18 Å². The molecule has 1 heterocycles. The summed E-state index contributed by atoms with van der Waals surface area (Å²) in [6, 6.07) is 13.5. The maximum absolute atomic E-state index is 12.1. The summed E-state index contributed by atoms with van der Waals surface area (Å²) >= 11 is 1.04. The van der Waals surface area contributed by atoms with Crippen molar-refractivity contribution in [2.45, 2.75) is 19.0 Å². The van der Waals surface area contributed by atoms with Gasteiger partial charge in [0.25, 0.3) is 0 Å². The molecule has 0 unspecified atom stereocenters. The van der Waals surface area contributed by atoms with E-state index in [4.69, 9.17) is 4.18 Å². The zero-order valence-electron chi connectivity index (χ0n) is 13.6. The quantitative estimate of drug-likeness (QED) is 0.419. The molecule has 0 aliphatic carbocycles. The lowest BCUT2D eigenvalue weighted by molar-refractivity contribution is -0.134. The van der Waals surface area contributed by atoms with Crippen LogP contribution in [-0.2, 0) is 7.05 Å². The lowest BCUT2D eigenvalue weighted by Gasteiger charge is -2.08. The molecule has 0 aliphatic heterocycles. The van der Waals surface area contributed by atoms with Crippen LogP contribution in [0.2, 0.25) is 0 Å². The lowest BCUT2D eigenvalue weighted by Crippen LogP contribution is -2.07. The summed E-state index contributed by atoms with van der Waals surface area (Å²) in [6.07, 6.45) is -3.03. The highest BCUT2D eigenvalue weighted by atomic mass is 32.2. The first-order chi connectivity index (χ1) is 11.9. The maximum Gasteiger partial charge on any atom is 0.389 e. The molecule has 0 bridgehead atoms. The van der Waals surface area contributed by atoms with Crippen LogP contribution < -0.4 is 4.18 Å². The number of aromatic nitrogens is 2. The van der Waals surface area contributed by atoms with Crippen molar-refractivity contribution >= 4 is 22.9 Å². The van der Waals surface area contributed by atoms with E-state index in [0.717, 1.165) is 34.1 Å². The van der Waals surface area contributed by atoms with Crippen molar-refractivity contribution in [2.24, 2.45) is 7.05 Å². The van der Waals surface area contributed by atoms with Crippen molar-refractivity contribution in [1.82, 2.24) is 9.78 Å². The Labute approximate surface area is 148 Å². The van der Waals surface area contributed by atoms with Crippen LogP contribution in [0.15, 0.2) is 48.7 Å². The van der Waals surface area contributed by atoms with Gasteiger partial charge >= 0.3 is 6.18 Å². The molecule has 0 aliphatic rings. The van der Waals surface area contributed by atoms with Crippen LogP contribution >= 0.6 is 12.0 Å². The molecule has 0 saturated carbocycles. The third kappa shape index (κ3) is 4.48. The molecular weight excluding hydrogens is 349 g/mol. The van der Waals surface area contributed by atoms with Crippen molar-refractivity contribution in [3.05, 3.63) is 48.7 Å². The molecule has 0 atom stereocenters. The minimum atomic E-state index is -4.11. The fourth-order valence-electron chi connectivity index (χ4n) is 2.59. The second-order valence-electron chi connectivity index (χ2n) is 5.66. The van der Waals surface area contributed by atoms with Crippen LogP contribution in [0.3, 0.4) is 0 Å².